The third kappa shape index (κ3) is 4.48. The average molecular weight is 447 g/mol. The minimum absolute atomic E-state index is 0.258. The second kappa shape index (κ2) is 9.65. The van der Waals surface area contributed by atoms with Gasteiger partial charge < -0.3 is 24.4 Å². The second-order valence-electron chi connectivity index (χ2n) is 7.67. The van der Waals surface area contributed by atoms with Crippen LogP contribution in [0.4, 0.5) is 10.5 Å². The summed E-state index contributed by atoms with van der Waals surface area (Å²) in [7, 11) is 4.54. The summed E-state index contributed by atoms with van der Waals surface area (Å²) in [5, 5.41) is 2.94. The molecule has 4 rings (SSSR count). The predicted octanol–water partition coefficient (Wildman–Crippen LogP) is 4.67. The third-order valence-electron chi connectivity index (χ3n) is 5.78. The highest BCUT2D eigenvalue weighted by Crippen LogP contribution is 2.41. The van der Waals surface area contributed by atoms with Gasteiger partial charge in [0.1, 0.15) is 0 Å². The number of hydrogen-bond acceptors (Lipinski definition) is 5. The Morgan fingerprint density at radius 2 is 1.64 bits per heavy atom. The number of nitrogens with one attached hydrogen (secondary N) is 1. The molecule has 33 heavy (non-hydrogen) atoms. The molecule has 0 saturated carbocycles. The van der Waals surface area contributed by atoms with E-state index in [1.165, 1.54) is 7.11 Å². The van der Waals surface area contributed by atoms with Gasteiger partial charge in [0.05, 0.1) is 32.9 Å². The van der Waals surface area contributed by atoms with Gasteiger partial charge in [0.25, 0.3) is 0 Å². The molecule has 3 aromatic rings. The maximum atomic E-state index is 13.4. The molecule has 7 heteroatoms. The van der Waals surface area contributed by atoms with Crippen molar-refractivity contribution in [1.29, 1.82) is 0 Å². The molecule has 1 aliphatic heterocycles. The lowest BCUT2D eigenvalue weighted by Gasteiger charge is -2.38. The summed E-state index contributed by atoms with van der Waals surface area (Å²) >= 11 is 0. The summed E-state index contributed by atoms with van der Waals surface area (Å²) in [6.45, 7) is 0.518. The molecule has 0 bridgehead atoms. The van der Waals surface area contributed by atoms with E-state index in [0.29, 0.717) is 35.7 Å². The number of esters is 1. The van der Waals surface area contributed by atoms with Crippen LogP contribution in [-0.4, -0.2) is 44.8 Å². The Labute approximate surface area is 192 Å². The van der Waals surface area contributed by atoms with Crippen LogP contribution in [0.15, 0.2) is 66.7 Å². The number of rotatable bonds is 5. The van der Waals surface area contributed by atoms with Crippen molar-refractivity contribution in [2.75, 3.05) is 33.2 Å². The number of carbonyl (C=O) groups excluding carboxylic acids is 2. The normalized spacial score (nSPS) is 14.8. The zero-order valence-corrected chi connectivity index (χ0v) is 18.8. The Kier molecular flexibility index (Phi) is 6.49. The number of carbonyl (C=O) groups is 2. The van der Waals surface area contributed by atoms with E-state index in [1.54, 1.807) is 43.4 Å². The fourth-order valence-electron chi connectivity index (χ4n) is 4.20. The topological polar surface area (TPSA) is 77.1 Å². The van der Waals surface area contributed by atoms with Gasteiger partial charge in [0, 0.05) is 12.2 Å². The van der Waals surface area contributed by atoms with Gasteiger partial charge in [-0.15, -0.1) is 0 Å². The highest BCUT2D eigenvalue weighted by Gasteiger charge is 2.33. The lowest BCUT2D eigenvalue weighted by atomic mass is 9.88. The summed E-state index contributed by atoms with van der Waals surface area (Å²) in [5.74, 6) is 0.826. The third-order valence-corrected chi connectivity index (χ3v) is 5.78. The molecule has 1 N–H and O–H groups in total. The molecule has 0 fully saturated rings. The van der Waals surface area contributed by atoms with Crippen LogP contribution in [0.1, 0.15) is 33.1 Å². The average Bonchev–Trinajstić information content (AvgIpc) is 2.87. The highest BCUT2D eigenvalue weighted by molar-refractivity contribution is 5.94. The smallest absolute Gasteiger partial charge is 0.337 e. The van der Waals surface area contributed by atoms with E-state index in [0.717, 1.165) is 16.7 Å². The van der Waals surface area contributed by atoms with Crippen LogP contribution >= 0.6 is 0 Å². The molecule has 0 aliphatic carbocycles. The number of benzene rings is 3. The molecule has 0 aromatic heterocycles. The van der Waals surface area contributed by atoms with Crippen LogP contribution in [-0.2, 0) is 11.2 Å². The number of fused-ring (bicyclic) bond motifs is 1. The van der Waals surface area contributed by atoms with Gasteiger partial charge in [0.15, 0.2) is 11.5 Å². The van der Waals surface area contributed by atoms with E-state index in [4.69, 9.17) is 14.2 Å². The number of nitrogens with zero attached hydrogens (tertiary/aromatic N) is 1. The summed E-state index contributed by atoms with van der Waals surface area (Å²) in [5.41, 5.74) is 3.98. The van der Waals surface area contributed by atoms with Crippen LogP contribution in [0, 0.1) is 0 Å². The molecule has 0 spiro atoms. The van der Waals surface area contributed by atoms with Gasteiger partial charge in [-0.25, -0.2) is 9.59 Å². The van der Waals surface area contributed by atoms with E-state index in [2.05, 4.69) is 5.32 Å². The van der Waals surface area contributed by atoms with Gasteiger partial charge in [-0.1, -0.05) is 36.4 Å². The van der Waals surface area contributed by atoms with E-state index in [-0.39, 0.29) is 12.1 Å². The number of hydrogen-bond donors (Lipinski definition) is 1. The molecule has 1 atom stereocenters. The highest BCUT2D eigenvalue weighted by atomic mass is 16.5. The molecule has 170 valence electrons. The van der Waals surface area contributed by atoms with Crippen molar-refractivity contribution in [3.63, 3.8) is 0 Å². The lowest BCUT2D eigenvalue weighted by molar-refractivity contribution is 0.0600. The van der Waals surface area contributed by atoms with Gasteiger partial charge in [-0.3, -0.25) is 0 Å². The van der Waals surface area contributed by atoms with Crippen LogP contribution in [0.3, 0.4) is 0 Å². The molecule has 0 unspecified atom stereocenters. The Hall–Kier alpha value is -4.00. The van der Waals surface area contributed by atoms with Crippen LogP contribution in [0.5, 0.6) is 11.5 Å². The van der Waals surface area contributed by atoms with Crippen LogP contribution in [0.25, 0.3) is 0 Å². The monoisotopic (exact) mass is 446 g/mol. The standard InChI is InChI=1S/C26H26N2O5/c1-31-22-15-18-12-13-28(26(30)27-20-11-7-10-19(14-20)25(29)33-3)24(17-8-5-4-6-9-17)21(18)16-23(22)32-2/h4-11,14-16,24H,12-13H2,1-3H3,(H,27,30)/t24-/m1/s1. The predicted molar refractivity (Wildman–Crippen MR) is 125 cm³/mol. The van der Waals surface area contributed by atoms with Crippen molar-refractivity contribution < 1.29 is 23.8 Å². The largest absolute Gasteiger partial charge is 0.493 e. The van der Waals surface area contributed by atoms with E-state index in [1.807, 2.05) is 42.5 Å². The SMILES string of the molecule is COC(=O)c1cccc(NC(=O)N2CCc3cc(OC)c(OC)cc3[C@H]2c2ccccc2)c1. The second-order valence-corrected chi connectivity index (χ2v) is 7.67. The molecule has 2 amide bonds. The number of ether oxygens (including phenoxy) is 3. The number of urea groups is 1. The van der Waals surface area contributed by atoms with E-state index in [9.17, 15) is 9.59 Å². The molecule has 1 aliphatic rings. The van der Waals surface area contributed by atoms with Crippen molar-refractivity contribution in [1.82, 2.24) is 4.90 Å². The first-order valence-electron chi connectivity index (χ1n) is 10.6. The minimum Gasteiger partial charge on any atom is -0.493 e. The Bertz CT molecular complexity index is 1160. The zero-order chi connectivity index (χ0) is 23.4. The van der Waals surface area contributed by atoms with Crippen molar-refractivity contribution in [3.05, 3.63) is 89.0 Å². The fourth-order valence-corrected chi connectivity index (χ4v) is 4.20. The molecule has 3 aromatic carbocycles. The summed E-state index contributed by atoms with van der Waals surface area (Å²) in [6, 6.07) is 20.0. The fraction of sp³-hybridized carbons (Fsp3) is 0.231. The molecule has 1 heterocycles. The van der Waals surface area contributed by atoms with Gasteiger partial charge in [-0.05, 0) is 53.4 Å². The Morgan fingerprint density at radius 1 is 0.909 bits per heavy atom. The van der Waals surface area contributed by atoms with E-state index >= 15 is 0 Å². The first-order chi connectivity index (χ1) is 16.0. The zero-order valence-electron chi connectivity index (χ0n) is 18.8. The quantitative estimate of drug-likeness (QED) is 0.577. The van der Waals surface area contributed by atoms with Crippen LogP contribution in [0.2, 0.25) is 0 Å². The van der Waals surface area contributed by atoms with Crippen molar-refractivity contribution in [3.8, 4) is 11.5 Å². The number of methoxy groups -OCH3 is 3. The summed E-state index contributed by atoms with van der Waals surface area (Å²) in [6.07, 6.45) is 0.675. The van der Waals surface area contributed by atoms with Gasteiger partial charge in [-0.2, -0.15) is 0 Å². The van der Waals surface area contributed by atoms with Crippen LogP contribution < -0.4 is 14.8 Å². The molecular formula is C26H26N2O5. The first kappa shape index (κ1) is 22.2. The maximum Gasteiger partial charge on any atom is 0.337 e. The molecule has 0 saturated heterocycles. The van der Waals surface area contributed by atoms with Crippen molar-refractivity contribution in [2.45, 2.75) is 12.5 Å². The maximum absolute atomic E-state index is 13.4. The first-order valence-corrected chi connectivity index (χ1v) is 10.6. The van der Waals surface area contributed by atoms with E-state index < -0.39 is 5.97 Å². The van der Waals surface area contributed by atoms with Gasteiger partial charge in [0.2, 0.25) is 0 Å². The summed E-state index contributed by atoms with van der Waals surface area (Å²) in [4.78, 5) is 27.1. The lowest BCUT2D eigenvalue weighted by Crippen LogP contribution is -2.43. The van der Waals surface area contributed by atoms with Crippen molar-refractivity contribution in [2.24, 2.45) is 0 Å². The van der Waals surface area contributed by atoms with Crippen molar-refractivity contribution >= 4 is 17.7 Å². The Morgan fingerprint density at radius 3 is 2.33 bits per heavy atom. The Balaban J connectivity index is 1.71. The minimum atomic E-state index is -0.457. The number of anilines is 1. The molecule has 7 nitrogen and oxygen atoms in total. The number of amides is 2. The molecule has 0 radical (unpaired) electrons. The van der Waals surface area contributed by atoms with Gasteiger partial charge >= 0.3 is 12.0 Å². The molecular weight excluding hydrogens is 420 g/mol. The summed E-state index contributed by atoms with van der Waals surface area (Å²) < 4.78 is 15.8.